The molecule has 19 heavy (non-hydrogen) atoms. The second-order valence-corrected chi connectivity index (χ2v) is 4.09. The van der Waals surface area contributed by atoms with E-state index in [2.05, 4.69) is 10.7 Å². The number of nitrogens with one attached hydrogen (secondary N) is 1. The highest BCUT2D eigenvalue weighted by atomic mass is 16.5. The van der Waals surface area contributed by atoms with Gasteiger partial charge in [0.15, 0.2) is 0 Å². The largest absolute Gasteiger partial charge is 0.394 e. The standard InChI is InChI=1S/C10H14N2O5.CH5N/c1-5-3-12(10(16)11-9(5)15)8-2-6(14)7(4-13)17-8;1-2/h3,6-8,13-14H,2,4H2,1H3,(H,11,15,16);2H2,1H3/t6-,7+,8+;/m0./s1. The predicted molar refractivity (Wildman–Crippen MR) is 67.8 cm³/mol. The lowest BCUT2D eigenvalue weighted by Gasteiger charge is -2.14. The Labute approximate surface area is 109 Å². The van der Waals surface area contributed by atoms with Crippen LogP contribution in [0.1, 0.15) is 18.2 Å². The molecule has 108 valence electrons. The molecule has 0 bridgehead atoms. The predicted octanol–water partition coefficient (Wildman–Crippen LogP) is -1.94. The lowest BCUT2D eigenvalue weighted by molar-refractivity contribution is -0.0459. The first kappa shape index (κ1) is 15.6. The van der Waals surface area contributed by atoms with Crippen LogP contribution in [0, 0.1) is 6.92 Å². The number of aromatic amines is 1. The SMILES string of the molecule is CN.Cc1cn([C@H]2C[C@H](O)[C@@H](CO)O2)c(=O)[nH]c1=O. The van der Waals surface area contributed by atoms with E-state index >= 15 is 0 Å². The van der Waals surface area contributed by atoms with Crippen molar-refractivity contribution in [3.05, 3.63) is 32.6 Å². The van der Waals surface area contributed by atoms with Crippen molar-refractivity contribution in [2.45, 2.75) is 31.8 Å². The average Bonchev–Trinajstić information content (AvgIpc) is 2.77. The number of hydrogen-bond donors (Lipinski definition) is 4. The maximum Gasteiger partial charge on any atom is 0.330 e. The molecule has 0 unspecified atom stereocenters. The second kappa shape index (κ2) is 6.62. The Hall–Kier alpha value is -1.48. The smallest absolute Gasteiger partial charge is 0.330 e. The van der Waals surface area contributed by atoms with Gasteiger partial charge in [-0.3, -0.25) is 14.3 Å². The number of ether oxygens (including phenoxy) is 1. The number of hydrogen-bond acceptors (Lipinski definition) is 6. The van der Waals surface area contributed by atoms with Gasteiger partial charge in [0.05, 0.1) is 12.7 Å². The van der Waals surface area contributed by atoms with Crippen LogP contribution in [0.3, 0.4) is 0 Å². The first-order chi connectivity index (χ1) is 9.02. The molecule has 2 heterocycles. The van der Waals surface area contributed by atoms with Crippen LogP contribution in [0.25, 0.3) is 0 Å². The molecule has 1 fully saturated rings. The molecule has 8 heteroatoms. The van der Waals surface area contributed by atoms with Crippen molar-refractivity contribution in [2.24, 2.45) is 5.73 Å². The van der Waals surface area contributed by atoms with Gasteiger partial charge in [-0.05, 0) is 14.0 Å². The summed E-state index contributed by atoms with van der Waals surface area (Å²) < 4.78 is 6.54. The molecular formula is C11H19N3O5. The summed E-state index contributed by atoms with van der Waals surface area (Å²) in [6.07, 6.45) is -0.581. The summed E-state index contributed by atoms with van der Waals surface area (Å²) in [6.45, 7) is 1.26. The van der Waals surface area contributed by atoms with Crippen LogP contribution in [-0.2, 0) is 4.74 Å². The zero-order valence-electron chi connectivity index (χ0n) is 10.9. The van der Waals surface area contributed by atoms with Crippen LogP contribution in [0.2, 0.25) is 0 Å². The first-order valence-electron chi connectivity index (χ1n) is 5.87. The average molecular weight is 273 g/mol. The number of aromatic nitrogens is 2. The molecule has 0 saturated carbocycles. The molecule has 5 N–H and O–H groups in total. The van der Waals surface area contributed by atoms with Gasteiger partial charge in [0.25, 0.3) is 5.56 Å². The zero-order valence-corrected chi connectivity index (χ0v) is 10.9. The van der Waals surface area contributed by atoms with Crippen LogP contribution < -0.4 is 17.0 Å². The van der Waals surface area contributed by atoms with E-state index in [9.17, 15) is 14.7 Å². The molecule has 1 aromatic heterocycles. The van der Waals surface area contributed by atoms with Crippen LogP contribution >= 0.6 is 0 Å². The topological polar surface area (TPSA) is 131 Å². The van der Waals surface area contributed by atoms with Crippen molar-refractivity contribution in [2.75, 3.05) is 13.7 Å². The Kier molecular flexibility index (Phi) is 5.43. The fourth-order valence-corrected chi connectivity index (χ4v) is 1.85. The highest BCUT2D eigenvalue weighted by molar-refractivity contribution is 5.02. The van der Waals surface area contributed by atoms with Crippen LogP contribution in [0.4, 0.5) is 0 Å². The van der Waals surface area contributed by atoms with Crippen LogP contribution in [0.5, 0.6) is 0 Å². The third kappa shape index (κ3) is 3.29. The van der Waals surface area contributed by atoms with Crippen molar-refractivity contribution < 1.29 is 14.9 Å². The van der Waals surface area contributed by atoms with E-state index in [1.54, 1.807) is 6.92 Å². The maximum atomic E-state index is 11.6. The summed E-state index contributed by atoms with van der Waals surface area (Å²) in [4.78, 5) is 24.9. The molecule has 3 atom stereocenters. The normalized spacial score (nSPS) is 25.8. The van der Waals surface area contributed by atoms with Gasteiger partial charge in [-0.25, -0.2) is 4.79 Å². The van der Waals surface area contributed by atoms with E-state index < -0.39 is 29.7 Å². The summed E-state index contributed by atoms with van der Waals surface area (Å²) in [5.41, 5.74) is 3.86. The van der Waals surface area contributed by atoms with E-state index in [1.807, 2.05) is 0 Å². The Morgan fingerprint density at radius 1 is 1.53 bits per heavy atom. The summed E-state index contributed by atoms with van der Waals surface area (Å²) in [5.74, 6) is 0. The Morgan fingerprint density at radius 3 is 2.68 bits per heavy atom. The van der Waals surface area contributed by atoms with Gasteiger partial charge in [0.2, 0.25) is 0 Å². The van der Waals surface area contributed by atoms with Crippen molar-refractivity contribution in [3.63, 3.8) is 0 Å². The van der Waals surface area contributed by atoms with Crippen molar-refractivity contribution in [1.82, 2.24) is 9.55 Å². The Morgan fingerprint density at radius 2 is 2.16 bits per heavy atom. The van der Waals surface area contributed by atoms with Crippen molar-refractivity contribution >= 4 is 0 Å². The second-order valence-electron chi connectivity index (χ2n) is 4.09. The van der Waals surface area contributed by atoms with Gasteiger partial charge in [0, 0.05) is 18.2 Å². The molecular weight excluding hydrogens is 254 g/mol. The molecule has 0 radical (unpaired) electrons. The zero-order chi connectivity index (χ0) is 14.6. The molecule has 0 aromatic carbocycles. The number of nitrogens with zero attached hydrogens (tertiary/aromatic N) is 1. The number of H-pyrrole nitrogens is 1. The van der Waals surface area contributed by atoms with Gasteiger partial charge >= 0.3 is 5.69 Å². The molecule has 0 spiro atoms. The molecule has 8 nitrogen and oxygen atoms in total. The summed E-state index contributed by atoms with van der Waals surface area (Å²) in [5, 5.41) is 18.5. The molecule has 0 aliphatic carbocycles. The monoisotopic (exact) mass is 273 g/mol. The molecule has 1 aliphatic heterocycles. The van der Waals surface area contributed by atoms with E-state index in [-0.39, 0.29) is 13.0 Å². The minimum absolute atomic E-state index is 0.205. The molecule has 1 aromatic rings. The van der Waals surface area contributed by atoms with Gasteiger partial charge in [-0.2, -0.15) is 0 Å². The lowest BCUT2D eigenvalue weighted by Crippen LogP contribution is -2.33. The molecule has 0 amide bonds. The highest BCUT2D eigenvalue weighted by Crippen LogP contribution is 2.27. The van der Waals surface area contributed by atoms with E-state index in [0.29, 0.717) is 5.56 Å². The number of aliphatic hydroxyl groups excluding tert-OH is 2. The summed E-state index contributed by atoms with van der Waals surface area (Å²) in [7, 11) is 1.50. The van der Waals surface area contributed by atoms with Gasteiger partial charge in [0.1, 0.15) is 12.3 Å². The molecule has 1 aliphatic rings. The van der Waals surface area contributed by atoms with E-state index in [1.165, 1.54) is 17.8 Å². The van der Waals surface area contributed by atoms with E-state index in [0.717, 1.165) is 0 Å². The summed E-state index contributed by atoms with van der Waals surface area (Å²) >= 11 is 0. The first-order valence-corrected chi connectivity index (χ1v) is 5.87. The number of rotatable bonds is 2. The quantitative estimate of drug-likeness (QED) is 0.496. The highest BCUT2D eigenvalue weighted by Gasteiger charge is 2.34. The molecule has 1 saturated heterocycles. The third-order valence-corrected chi connectivity index (χ3v) is 2.84. The van der Waals surface area contributed by atoms with Crippen molar-refractivity contribution in [3.8, 4) is 0 Å². The fourth-order valence-electron chi connectivity index (χ4n) is 1.85. The number of nitrogens with two attached hydrogens (primary N) is 1. The lowest BCUT2D eigenvalue weighted by atomic mass is 10.2. The Balaban J connectivity index is 0.000000861. The molecule has 2 rings (SSSR count). The fraction of sp³-hybridized carbons (Fsp3) is 0.636. The van der Waals surface area contributed by atoms with Crippen LogP contribution in [-0.4, -0.2) is 45.6 Å². The number of aliphatic hydroxyl groups is 2. The minimum Gasteiger partial charge on any atom is -0.394 e. The van der Waals surface area contributed by atoms with Crippen molar-refractivity contribution in [1.29, 1.82) is 0 Å². The van der Waals surface area contributed by atoms with E-state index in [4.69, 9.17) is 9.84 Å². The van der Waals surface area contributed by atoms with Gasteiger partial charge in [-0.1, -0.05) is 0 Å². The maximum absolute atomic E-state index is 11.6. The minimum atomic E-state index is -0.816. The third-order valence-electron chi connectivity index (χ3n) is 2.84. The number of aryl methyl sites for hydroxylation is 1. The van der Waals surface area contributed by atoms with Gasteiger partial charge < -0.3 is 20.7 Å². The van der Waals surface area contributed by atoms with Gasteiger partial charge in [-0.15, -0.1) is 0 Å². The Bertz CT molecular complexity index is 524. The summed E-state index contributed by atoms with van der Waals surface area (Å²) in [6, 6.07) is 0. The van der Waals surface area contributed by atoms with Crippen LogP contribution in [0.15, 0.2) is 15.8 Å².